The molecule has 0 N–H and O–H groups in total. The lowest BCUT2D eigenvalue weighted by molar-refractivity contribution is -0.113. The predicted molar refractivity (Wildman–Crippen MR) is 70.6 cm³/mol. The van der Waals surface area contributed by atoms with Crippen molar-refractivity contribution in [1.29, 1.82) is 0 Å². The van der Waals surface area contributed by atoms with Crippen LogP contribution in [0.4, 0.5) is 0 Å². The van der Waals surface area contributed by atoms with Crippen molar-refractivity contribution in [3.8, 4) is 0 Å². The molecule has 84 valence electrons. The predicted octanol–water partition coefficient (Wildman–Crippen LogP) is 2.67. The first kappa shape index (κ1) is 11.4. The van der Waals surface area contributed by atoms with Crippen LogP contribution in [0, 0.1) is 0 Å². The summed E-state index contributed by atoms with van der Waals surface area (Å²) in [6.45, 7) is 1.97. The number of amidine groups is 1. The zero-order valence-corrected chi connectivity index (χ0v) is 11.0. The van der Waals surface area contributed by atoms with E-state index in [1.165, 1.54) is 11.8 Å². The Balaban J connectivity index is 2.32. The Bertz CT molecular complexity index is 472. The molecule has 0 aliphatic carbocycles. The second-order valence-electron chi connectivity index (χ2n) is 3.63. The largest absolute Gasteiger partial charge is 0.357 e. The summed E-state index contributed by atoms with van der Waals surface area (Å²) in [7, 11) is 3.78. The van der Waals surface area contributed by atoms with E-state index < -0.39 is 0 Å². The van der Waals surface area contributed by atoms with Crippen LogP contribution < -0.4 is 0 Å². The van der Waals surface area contributed by atoms with Crippen LogP contribution in [0.15, 0.2) is 27.4 Å². The fraction of sp³-hybridized carbons (Fsp3) is 0.273. The van der Waals surface area contributed by atoms with Crippen molar-refractivity contribution < 1.29 is 4.79 Å². The highest BCUT2D eigenvalue weighted by Crippen LogP contribution is 2.35. The van der Waals surface area contributed by atoms with E-state index in [0.29, 0.717) is 0 Å². The van der Waals surface area contributed by atoms with Crippen molar-refractivity contribution >= 4 is 39.7 Å². The number of thioether (sulfide) groups is 1. The normalized spacial score (nSPS) is 18.7. The van der Waals surface area contributed by atoms with E-state index in [1.807, 2.05) is 43.4 Å². The van der Waals surface area contributed by atoms with E-state index in [4.69, 9.17) is 0 Å². The minimum absolute atomic E-state index is 0.125. The highest BCUT2D eigenvalue weighted by molar-refractivity contribution is 8.18. The van der Waals surface area contributed by atoms with Gasteiger partial charge in [-0.05, 0) is 35.7 Å². The van der Waals surface area contributed by atoms with Gasteiger partial charge in [-0.15, -0.1) is 11.3 Å². The van der Waals surface area contributed by atoms with Gasteiger partial charge < -0.3 is 4.90 Å². The smallest absolute Gasteiger partial charge is 0.286 e. The van der Waals surface area contributed by atoms with Crippen LogP contribution in [0.2, 0.25) is 0 Å². The standard InChI is InChI=1S/C11H12N2OS2/c1-7(8-5-4-6-15-8)9-10(14)12-11(16-9)13(2)3/h4-6H,1-3H3/b9-7+. The summed E-state index contributed by atoms with van der Waals surface area (Å²) in [4.78, 5) is 19.5. The van der Waals surface area contributed by atoms with Gasteiger partial charge in [0.2, 0.25) is 0 Å². The maximum absolute atomic E-state index is 11.7. The Morgan fingerprint density at radius 2 is 2.19 bits per heavy atom. The summed E-state index contributed by atoms with van der Waals surface area (Å²) in [5.41, 5.74) is 1.02. The van der Waals surface area contributed by atoms with E-state index in [-0.39, 0.29) is 5.91 Å². The Morgan fingerprint density at radius 1 is 1.44 bits per heavy atom. The fourth-order valence-electron chi connectivity index (χ4n) is 1.33. The molecule has 1 aliphatic heterocycles. The lowest BCUT2D eigenvalue weighted by Gasteiger charge is -2.09. The van der Waals surface area contributed by atoms with Gasteiger partial charge in [0, 0.05) is 19.0 Å². The highest BCUT2D eigenvalue weighted by atomic mass is 32.2. The zero-order chi connectivity index (χ0) is 11.7. The molecular weight excluding hydrogens is 240 g/mol. The average molecular weight is 252 g/mol. The van der Waals surface area contributed by atoms with Gasteiger partial charge in [0.1, 0.15) is 0 Å². The van der Waals surface area contributed by atoms with Gasteiger partial charge in [0.05, 0.1) is 4.91 Å². The van der Waals surface area contributed by atoms with Crippen molar-refractivity contribution in [2.75, 3.05) is 14.1 Å². The second kappa shape index (κ2) is 4.43. The third-order valence-electron chi connectivity index (χ3n) is 2.20. The summed E-state index contributed by atoms with van der Waals surface area (Å²) in [5.74, 6) is -0.125. The number of aliphatic imine (C=N–C) groups is 1. The van der Waals surface area contributed by atoms with E-state index in [2.05, 4.69) is 4.99 Å². The molecule has 0 spiro atoms. The first-order valence-electron chi connectivity index (χ1n) is 4.82. The number of allylic oxidation sites excluding steroid dienone is 1. The molecule has 0 radical (unpaired) electrons. The van der Waals surface area contributed by atoms with E-state index in [9.17, 15) is 4.79 Å². The fourth-order valence-corrected chi connectivity index (χ4v) is 3.02. The second-order valence-corrected chi connectivity index (χ2v) is 5.55. The lowest BCUT2D eigenvalue weighted by Crippen LogP contribution is -2.16. The van der Waals surface area contributed by atoms with Gasteiger partial charge in [-0.1, -0.05) is 6.07 Å². The topological polar surface area (TPSA) is 32.7 Å². The zero-order valence-electron chi connectivity index (χ0n) is 9.35. The third kappa shape index (κ3) is 2.05. The minimum Gasteiger partial charge on any atom is -0.357 e. The monoisotopic (exact) mass is 252 g/mol. The van der Waals surface area contributed by atoms with Crippen LogP contribution in [0.5, 0.6) is 0 Å². The van der Waals surface area contributed by atoms with E-state index in [0.717, 1.165) is 20.5 Å². The number of nitrogens with zero attached hydrogens (tertiary/aromatic N) is 2. The molecule has 0 saturated carbocycles. The summed E-state index contributed by atoms with van der Waals surface area (Å²) in [6.07, 6.45) is 0. The molecule has 0 fully saturated rings. The molecule has 0 atom stereocenters. The van der Waals surface area contributed by atoms with Crippen LogP contribution in [-0.4, -0.2) is 30.1 Å². The molecule has 3 nitrogen and oxygen atoms in total. The van der Waals surface area contributed by atoms with Gasteiger partial charge in [-0.25, -0.2) is 0 Å². The van der Waals surface area contributed by atoms with Crippen molar-refractivity contribution in [2.45, 2.75) is 6.92 Å². The summed E-state index contributed by atoms with van der Waals surface area (Å²) in [6, 6.07) is 4.01. The molecule has 0 unspecified atom stereocenters. The molecule has 1 aliphatic rings. The molecule has 16 heavy (non-hydrogen) atoms. The Kier molecular flexibility index (Phi) is 3.16. The molecule has 1 aromatic heterocycles. The lowest BCUT2D eigenvalue weighted by atomic mass is 10.2. The van der Waals surface area contributed by atoms with Crippen LogP contribution in [0.3, 0.4) is 0 Å². The molecule has 1 amide bonds. The maximum Gasteiger partial charge on any atom is 0.286 e. The molecule has 1 aromatic rings. The number of carbonyl (C=O) groups excluding carboxylic acids is 1. The van der Waals surface area contributed by atoms with Gasteiger partial charge >= 0.3 is 0 Å². The maximum atomic E-state index is 11.7. The Morgan fingerprint density at radius 3 is 2.69 bits per heavy atom. The van der Waals surface area contributed by atoms with Gasteiger partial charge in [0.25, 0.3) is 5.91 Å². The number of hydrogen-bond donors (Lipinski definition) is 0. The summed E-state index contributed by atoms with van der Waals surface area (Å²) < 4.78 is 0. The number of thiophene rings is 1. The number of rotatable bonds is 1. The van der Waals surface area contributed by atoms with Crippen molar-refractivity contribution in [1.82, 2.24) is 4.90 Å². The van der Waals surface area contributed by atoms with Crippen molar-refractivity contribution in [3.05, 3.63) is 27.3 Å². The van der Waals surface area contributed by atoms with Gasteiger partial charge in [-0.2, -0.15) is 4.99 Å². The molecule has 5 heteroatoms. The van der Waals surface area contributed by atoms with E-state index in [1.54, 1.807) is 11.3 Å². The SMILES string of the molecule is C/C(=C1\SC(N(C)C)=NC1=O)c1cccs1. The van der Waals surface area contributed by atoms with Crippen molar-refractivity contribution in [3.63, 3.8) is 0 Å². The quantitative estimate of drug-likeness (QED) is 0.720. The first-order valence-corrected chi connectivity index (χ1v) is 6.52. The summed E-state index contributed by atoms with van der Waals surface area (Å²) >= 11 is 3.09. The highest BCUT2D eigenvalue weighted by Gasteiger charge is 2.25. The first-order chi connectivity index (χ1) is 7.59. The number of amides is 1. The van der Waals surface area contributed by atoms with Crippen LogP contribution in [0.25, 0.3) is 5.57 Å². The molecule has 2 rings (SSSR count). The average Bonchev–Trinajstić information content (AvgIpc) is 2.84. The number of carbonyl (C=O) groups is 1. The molecule has 0 aromatic carbocycles. The van der Waals surface area contributed by atoms with Crippen LogP contribution in [-0.2, 0) is 4.79 Å². The van der Waals surface area contributed by atoms with Gasteiger partial charge in [0.15, 0.2) is 5.17 Å². The minimum atomic E-state index is -0.125. The molecule has 0 saturated heterocycles. The Hall–Kier alpha value is -1.07. The third-order valence-corrected chi connectivity index (χ3v) is 4.51. The van der Waals surface area contributed by atoms with Crippen LogP contribution in [0.1, 0.15) is 11.8 Å². The molecule has 2 heterocycles. The van der Waals surface area contributed by atoms with Crippen LogP contribution >= 0.6 is 23.1 Å². The van der Waals surface area contributed by atoms with E-state index >= 15 is 0 Å². The number of hydrogen-bond acceptors (Lipinski definition) is 4. The van der Waals surface area contributed by atoms with Crippen molar-refractivity contribution in [2.24, 2.45) is 4.99 Å². The Labute approximate surface area is 103 Å². The summed E-state index contributed by atoms with van der Waals surface area (Å²) in [5, 5.41) is 2.77. The molecule has 0 bridgehead atoms. The van der Waals surface area contributed by atoms with Gasteiger partial charge in [-0.3, -0.25) is 4.79 Å². The molecular formula is C11H12N2OS2.